The number of carboxylic acids is 1. The monoisotopic (exact) mass is 216 g/mol. The molecule has 0 amide bonds. The molecule has 0 saturated heterocycles. The van der Waals surface area contributed by atoms with E-state index in [1.807, 2.05) is 0 Å². The molecule has 3 N–H and O–H groups in total. The van der Waals surface area contributed by atoms with Gasteiger partial charge in [-0.2, -0.15) is 0 Å². The van der Waals surface area contributed by atoms with Gasteiger partial charge in [0.2, 0.25) is 0 Å². The van der Waals surface area contributed by atoms with Crippen molar-refractivity contribution in [3.63, 3.8) is 0 Å². The lowest BCUT2D eigenvalue weighted by atomic mass is 10.1. The van der Waals surface area contributed by atoms with Crippen molar-refractivity contribution in [3.8, 4) is 0 Å². The van der Waals surface area contributed by atoms with Gasteiger partial charge in [0.15, 0.2) is 0 Å². The molecule has 0 aliphatic carbocycles. The average molecular weight is 216 g/mol. The molecule has 0 aliphatic rings. The van der Waals surface area contributed by atoms with Crippen LogP contribution in [0.3, 0.4) is 0 Å². The number of nitrogens with zero attached hydrogens (tertiary/aromatic N) is 1. The highest BCUT2D eigenvalue weighted by Crippen LogP contribution is 2.25. The van der Waals surface area contributed by atoms with E-state index in [1.54, 1.807) is 0 Å². The second-order valence-electron chi connectivity index (χ2n) is 2.97. The lowest BCUT2D eigenvalue weighted by Gasteiger charge is -2.09. The molecule has 1 aromatic heterocycles. The molecule has 0 spiro atoms. The summed E-state index contributed by atoms with van der Waals surface area (Å²) >= 11 is 0. The fourth-order valence-corrected chi connectivity index (χ4v) is 1.32. The van der Waals surface area contributed by atoms with Gasteiger partial charge in [-0.05, 0) is 13.0 Å². The number of aromatic carboxylic acids is 1. The van der Waals surface area contributed by atoms with E-state index in [4.69, 9.17) is 10.8 Å². The molecular weight excluding hydrogens is 206 g/mol. The first kappa shape index (κ1) is 11.5. The summed E-state index contributed by atoms with van der Waals surface area (Å²) in [5.74, 6) is -1.40. The smallest absolute Gasteiger partial charge is 0.338 e. The molecule has 1 rings (SSSR count). The molecule has 0 bridgehead atoms. The topological polar surface area (TPSA) is 76.2 Å². The van der Waals surface area contributed by atoms with Gasteiger partial charge >= 0.3 is 5.97 Å². The summed E-state index contributed by atoms with van der Waals surface area (Å²) in [6, 6.07) is 1.03. The number of aryl methyl sites for hydroxylation is 1. The van der Waals surface area contributed by atoms with Crippen LogP contribution >= 0.6 is 0 Å². The molecular formula is C9H10F2N2O2. The normalized spacial score (nSPS) is 10.7. The number of rotatable bonds is 3. The van der Waals surface area contributed by atoms with Crippen molar-refractivity contribution in [2.75, 3.05) is 0 Å². The molecule has 1 aromatic rings. The summed E-state index contributed by atoms with van der Waals surface area (Å²) < 4.78 is 25.1. The first-order chi connectivity index (χ1) is 6.97. The van der Waals surface area contributed by atoms with Gasteiger partial charge in [-0.15, -0.1) is 0 Å². The fraction of sp³-hybridized carbons (Fsp3) is 0.333. The van der Waals surface area contributed by atoms with Crippen LogP contribution in [-0.4, -0.2) is 16.1 Å². The van der Waals surface area contributed by atoms with Crippen LogP contribution in [0.15, 0.2) is 6.07 Å². The Morgan fingerprint density at radius 1 is 1.67 bits per heavy atom. The number of halogens is 2. The first-order valence-electron chi connectivity index (χ1n) is 4.19. The molecule has 0 aromatic carbocycles. The van der Waals surface area contributed by atoms with Crippen LogP contribution in [0.4, 0.5) is 8.78 Å². The number of alkyl halides is 2. The minimum Gasteiger partial charge on any atom is -0.478 e. The minimum atomic E-state index is -2.84. The second kappa shape index (κ2) is 4.31. The molecule has 82 valence electrons. The van der Waals surface area contributed by atoms with Crippen LogP contribution in [0.25, 0.3) is 0 Å². The van der Waals surface area contributed by atoms with Crippen LogP contribution < -0.4 is 5.73 Å². The molecule has 0 aliphatic heterocycles. The van der Waals surface area contributed by atoms with Crippen molar-refractivity contribution >= 4 is 5.97 Å². The Morgan fingerprint density at radius 2 is 2.27 bits per heavy atom. The third kappa shape index (κ3) is 2.27. The van der Waals surface area contributed by atoms with Crippen molar-refractivity contribution in [3.05, 3.63) is 28.6 Å². The summed E-state index contributed by atoms with van der Waals surface area (Å²) in [6.45, 7) is 1.37. The van der Waals surface area contributed by atoms with Gasteiger partial charge in [0.05, 0.1) is 17.0 Å². The van der Waals surface area contributed by atoms with Gasteiger partial charge in [-0.25, -0.2) is 13.6 Å². The third-order valence-electron chi connectivity index (χ3n) is 1.94. The zero-order valence-corrected chi connectivity index (χ0v) is 8.00. The van der Waals surface area contributed by atoms with Crippen molar-refractivity contribution < 1.29 is 18.7 Å². The second-order valence-corrected chi connectivity index (χ2v) is 2.97. The number of pyridine rings is 1. The van der Waals surface area contributed by atoms with Crippen molar-refractivity contribution in [1.82, 2.24) is 4.98 Å². The van der Waals surface area contributed by atoms with Gasteiger partial charge < -0.3 is 10.8 Å². The number of carbonyl (C=O) groups is 1. The SMILES string of the molecule is Cc1nc(CN)cc(C(F)F)c1C(=O)O. The fourth-order valence-electron chi connectivity index (χ4n) is 1.32. The Kier molecular flexibility index (Phi) is 3.31. The lowest BCUT2D eigenvalue weighted by molar-refractivity contribution is 0.0683. The van der Waals surface area contributed by atoms with E-state index in [2.05, 4.69) is 4.98 Å². The van der Waals surface area contributed by atoms with Gasteiger partial charge in [0.1, 0.15) is 0 Å². The van der Waals surface area contributed by atoms with Gasteiger partial charge in [-0.3, -0.25) is 4.98 Å². The molecule has 4 nitrogen and oxygen atoms in total. The van der Waals surface area contributed by atoms with Gasteiger partial charge in [0.25, 0.3) is 6.43 Å². The zero-order chi connectivity index (χ0) is 11.6. The number of carboxylic acid groups (broad SMARTS) is 1. The Bertz CT molecular complexity index is 394. The van der Waals surface area contributed by atoms with E-state index in [-0.39, 0.29) is 17.9 Å². The summed E-state index contributed by atoms with van der Waals surface area (Å²) in [5, 5.41) is 8.75. The number of hydrogen-bond donors (Lipinski definition) is 2. The highest BCUT2D eigenvalue weighted by Gasteiger charge is 2.21. The van der Waals surface area contributed by atoms with Crippen LogP contribution in [0, 0.1) is 6.92 Å². The molecule has 1 heterocycles. The summed E-state index contributed by atoms with van der Waals surface area (Å²) in [5.41, 5.74) is 4.60. The van der Waals surface area contributed by atoms with Crippen LogP contribution in [0.5, 0.6) is 0 Å². The average Bonchev–Trinajstić information content (AvgIpc) is 2.15. The van der Waals surface area contributed by atoms with Gasteiger partial charge in [0, 0.05) is 12.1 Å². The zero-order valence-electron chi connectivity index (χ0n) is 8.00. The molecule has 0 fully saturated rings. The van der Waals surface area contributed by atoms with E-state index in [9.17, 15) is 13.6 Å². The van der Waals surface area contributed by atoms with E-state index in [1.165, 1.54) is 6.92 Å². The first-order valence-corrected chi connectivity index (χ1v) is 4.19. The Balaban J connectivity index is 3.42. The molecule has 0 unspecified atom stereocenters. The predicted molar refractivity (Wildman–Crippen MR) is 48.8 cm³/mol. The van der Waals surface area contributed by atoms with Crippen LogP contribution in [0.2, 0.25) is 0 Å². The van der Waals surface area contributed by atoms with Crippen LogP contribution in [0.1, 0.15) is 33.7 Å². The third-order valence-corrected chi connectivity index (χ3v) is 1.94. The van der Waals surface area contributed by atoms with E-state index in [0.29, 0.717) is 0 Å². The maximum atomic E-state index is 12.6. The molecule has 15 heavy (non-hydrogen) atoms. The van der Waals surface area contributed by atoms with Crippen molar-refractivity contribution in [1.29, 1.82) is 0 Å². The summed E-state index contributed by atoms with van der Waals surface area (Å²) in [4.78, 5) is 14.6. The minimum absolute atomic E-state index is 0.000455. The summed E-state index contributed by atoms with van der Waals surface area (Å²) in [7, 11) is 0. The number of nitrogens with two attached hydrogens (primary N) is 1. The Hall–Kier alpha value is -1.56. The van der Waals surface area contributed by atoms with E-state index < -0.39 is 23.5 Å². The van der Waals surface area contributed by atoms with E-state index >= 15 is 0 Å². The standard InChI is InChI=1S/C9H10F2N2O2/c1-4-7(9(14)15)6(8(10)11)2-5(3-12)13-4/h2,8H,3,12H2,1H3,(H,14,15). The maximum absolute atomic E-state index is 12.6. The van der Waals surface area contributed by atoms with Crippen molar-refractivity contribution in [2.24, 2.45) is 5.73 Å². The van der Waals surface area contributed by atoms with Crippen LogP contribution in [-0.2, 0) is 6.54 Å². The highest BCUT2D eigenvalue weighted by atomic mass is 19.3. The molecule has 0 atom stereocenters. The number of hydrogen-bond acceptors (Lipinski definition) is 3. The quantitative estimate of drug-likeness (QED) is 0.802. The maximum Gasteiger partial charge on any atom is 0.338 e. The Morgan fingerprint density at radius 3 is 2.67 bits per heavy atom. The van der Waals surface area contributed by atoms with E-state index in [0.717, 1.165) is 6.07 Å². The van der Waals surface area contributed by atoms with Crippen molar-refractivity contribution in [2.45, 2.75) is 19.9 Å². The molecule has 0 saturated carbocycles. The highest BCUT2D eigenvalue weighted by molar-refractivity contribution is 5.90. The predicted octanol–water partition coefficient (Wildman–Crippen LogP) is 1.48. The van der Waals surface area contributed by atoms with Gasteiger partial charge in [-0.1, -0.05) is 0 Å². The molecule has 0 radical (unpaired) electrons. The summed E-state index contributed by atoms with van der Waals surface area (Å²) in [6.07, 6.45) is -2.84. The number of aromatic nitrogens is 1. The largest absolute Gasteiger partial charge is 0.478 e. The lowest BCUT2D eigenvalue weighted by Crippen LogP contribution is -2.11. The Labute approximate surface area is 84.7 Å². The molecule has 6 heteroatoms.